The number of nitrogens with zero attached hydrogens (tertiary/aromatic N) is 2. The summed E-state index contributed by atoms with van der Waals surface area (Å²) in [4.78, 5) is 28.8. The predicted octanol–water partition coefficient (Wildman–Crippen LogP) is 2.79. The lowest BCUT2D eigenvalue weighted by Crippen LogP contribution is -2.49. The van der Waals surface area contributed by atoms with Gasteiger partial charge in [0.25, 0.3) is 5.91 Å². The van der Waals surface area contributed by atoms with Gasteiger partial charge in [-0.15, -0.1) is 0 Å². The third-order valence-electron chi connectivity index (χ3n) is 4.77. The van der Waals surface area contributed by atoms with Gasteiger partial charge >= 0.3 is 0 Å². The van der Waals surface area contributed by atoms with Crippen molar-refractivity contribution in [2.45, 2.75) is 31.7 Å². The second kappa shape index (κ2) is 8.95. The van der Waals surface area contributed by atoms with E-state index < -0.39 is 5.82 Å². The van der Waals surface area contributed by atoms with E-state index in [1.54, 1.807) is 23.1 Å². The summed E-state index contributed by atoms with van der Waals surface area (Å²) in [6.07, 6.45) is 4.81. The molecule has 1 atom stereocenters. The molecule has 2 fully saturated rings. The molecule has 0 aliphatic carbocycles. The van der Waals surface area contributed by atoms with Gasteiger partial charge in [0.05, 0.1) is 4.91 Å². The van der Waals surface area contributed by atoms with Crippen molar-refractivity contribution in [2.75, 3.05) is 19.7 Å². The standard InChI is InChI=1S/C19H21FN2O3S2/c20-15-7-2-1-5-13(15)11-16-18(25)22(19(26)27-16)12-17(24)21-9-4-3-6-14(21)8-10-23/h1-2,5,7,11,14,23H,3-4,6,8-10,12H2/b16-11-/t14-/m0/s1. The monoisotopic (exact) mass is 408 g/mol. The van der Waals surface area contributed by atoms with E-state index in [1.807, 2.05) is 0 Å². The molecule has 1 N–H and O–H groups in total. The third kappa shape index (κ3) is 4.56. The molecule has 2 saturated heterocycles. The average Bonchev–Trinajstić information content (AvgIpc) is 2.92. The summed E-state index contributed by atoms with van der Waals surface area (Å²) in [6, 6.07) is 6.19. The Morgan fingerprint density at radius 2 is 2.15 bits per heavy atom. The molecule has 1 aromatic carbocycles. The Hall–Kier alpha value is -1.77. The molecule has 144 valence electrons. The average molecular weight is 409 g/mol. The number of carbonyl (C=O) groups excluding carboxylic acids is 2. The molecule has 5 nitrogen and oxygen atoms in total. The highest BCUT2D eigenvalue weighted by molar-refractivity contribution is 8.26. The van der Waals surface area contributed by atoms with Crippen molar-refractivity contribution in [3.05, 3.63) is 40.6 Å². The number of thiocarbonyl (C=S) groups is 1. The number of aliphatic hydroxyl groups is 1. The van der Waals surface area contributed by atoms with Crippen LogP contribution in [-0.2, 0) is 9.59 Å². The summed E-state index contributed by atoms with van der Waals surface area (Å²) in [5.41, 5.74) is 0.309. The number of amides is 2. The minimum Gasteiger partial charge on any atom is -0.396 e. The highest BCUT2D eigenvalue weighted by atomic mass is 32.2. The normalized spacial score (nSPS) is 22.0. The van der Waals surface area contributed by atoms with Crippen molar-refractivity contribution >= 4 is 46.2 Å². The molecule has 0 bridgehead atoms. The van der Waals surface area contributed by atoms with Crippen LogP contribution in [0.4, 0.5) is 4.39 Å². The van der Waals surface area contributed by atoms with Crippen molar-refractivity contribution in [2.24, 2.45) is 0 Å². The van der Waals surface area contributed by atoms with Gasteiger partial charge in [-0.3, -0.25) is 14.5 Å². The number of thioether (sulfide) groups is 1. The van der Waals surface area contributed by atoms with Gasteiger partial charge in [0.15, 0.2) is 0 Å². The maximum absolute atomic E-state index is 13.8. The molecular weight excluding hydrogens is 387 g/mol. The van der Waals surface area contributed by atoms with E-state index in [0.29, 0.717) is 27.8 Å². The van der Waals surface area contributed by atoms with Crippen molar-refractivity contribution in [3.63, 3.8) is 0 Å². The number of benzene rings is 1. The second-order valence-corrected chi connectivity index (χ2v) is 8.21. The first-order chi connectivity index (χ1) is 13.0. The lowest BCUT2D eigenvalue weighted by Gasteiger charge is -2.36. The van der Waals surface area contributed by atoms with Crippen molar-refractivity contribution in [1.82, 2.24) is 9.80 Å². The molecule has 3 rings (SSSR count). The number of hydrogen-bond acceptors (Lipinski definition) is 5. The van der Waals surface area contributed by atoms with Crippen molar-refractivity contribution in [3.8, 4) is 0 Å². The maximum atomic E-state index is 13.8. The van der Waals surface area contributed by atoms with Crippen molar-refractivity contribution < 1.29 is 19.1 Å². The van der Waals surface area contributed by atoms with Crippen LogP contribution in [0.25, 0.3) is 6.08 Å². The molecule has 0 saturated carbocycles. The van der Waals surface area contributed by atoms with E-state index in [9.17, 15) is 19.1 Å². The molecule has 1 aromatic rings. The molecule has 0 aromatic heterocycles. The molecule has 27 heavy (non-hydrogen) atoms. The number of likely N-dealkylation sites (tertiary alicyclic amines) is 1. The topological polar surface area (TPSA) is 60.9 Å². The van der Waals surface area contributed by atoms with Crippen LogP contribution in [0.1, 0.15) is 31.2 Å². The van der Waals surface area contributed by atoms with Gasteiger partial charge in [-0.05, 0) is 37.8 Å². The maximum Gasteiger partial charge on any atom is 0.266 e. The van der Waals surface area contributed by atoms with Gasteiger partial charge in [0, 0.05) is 24.8 Å². The van der Waals surface area contributed by atoms with Gasteiger partial charge in [-0.25, -0.2) is 4.39 Å². The van der Waals surface area contributed by atoms with E-state index in [1.165, 1.54) is 17.0 Å². The molecule has 0 unspecified atom stereocenters. The molecule has 2 amide bonds. The van der Waals surface area contributed by atoms with Gasteiger partial charge in [0.1, 0.15) is 16.7 Å². The van der Waals surface area contributed by atoms with Crippen LogP contribution < -0.4 is 0 Å². The smallest absolute Gasteiger partial charge is 0.266 e. The van der Waals surface area contributed by atoms with E-state index in [-0.39, 0.29) is 31.0 Å². The largest absolute Gasteiger partial charge is 0.396 e. The summed E-state index contributed by atoms with van der Waals surface area (Å²) in [6.45, 7) is 0.533. The van der Waals surface area contributed by atoms with Crippen LogP contribution in [0.3, 0.4) is 0 Å². The van der Waals surface area contributed by atoms with Crippen LogP contribution in [0.15, 0.2) is 29.2 Å². The first kappa shape index (κ1) is 20.0. The molecule has 0 spiro atoms. The molecule has 2 heterocycles. The Morgan fingerprint density at radius 1 is 1.37 bits per heavy atom. The molecular formula is C19H21FN2O3S2. The molecule has 2 aliphatic rings. The Kier molecular flexibility index (Phi) is 6.62. The Labute approximate surface area is 167 Å². The fourth-order valence-corrected chi connectivity index (χ4v) is 4.62. The summed E-state index contributed by atoms with van der Waals surface area (Å²) >= 11 is 6.34. The fourth-order valence-electron chi connectivity index (χ4n) is 3.37. The molecule has 8 heteroatoms. The van der Waals surface area contributed by atoms with Crippen LogP contribution >= 0.6 is 24.0 Å². The molecule has 2 aliphatic heterocycles. The number of aliphatic hydroxyl groups excluding tert-OH is 1. The van der Waals surface area contributed by atoms with Gasteiger partial charge in [-0.1, -0.05) is 42.2 Å². The summed E-state index contributed by atoms with van der Waals surface area (Å²) in [7, 11) is 0. The number of halogens is 1. The number of hydrogen-bond donors (Lipinski definition) is 1. The predicted molar refractivity (Wildman–Crippen MR) is 107 cm³/mol. The van der Waals surface area contributed by atoms with Gasteiger partial charge < -0.3 is 10.0 Å². The highest BCUT2D eigenvalue weighted by Crippen LogP contribution is 2.33. The SMILES string of the molecule is O=C1/C(=C/c2ccccc2F)SC(=S)N1CC(=O)N1CCCC[C@H]1CCO. The third-order valence-corrected chi connectivity index (χ3v) is 6.15. The zero-order valence-corrected chi connectivity index (χ0v) is 16.4. The minimum atomic E-state index is -0.418. The zero-order chi connectivity index (χ0) is 19.4. The number of rotatable bonds is 5. The zero-order valence-electron chi connectivity index (χ0n) is 14.8. The fraction of sp³-hybridized carbons (Fsp3) is 0.421. The quantitative estimate of drug-likeness (QED) is 0.600. The first-order valence-corrected chi connectivity index (χ1v) is 10.1. The van der Waals surface area contributed by atoms with Crippen LogP contribution in [0.5, 0.6) is 0 Å². The Balaban J connectivity index is 1.72. The number of carbonyl (C=O) groups is 2. The van der Waals surface area contributed by atoms with Crippen LogP contribution in [0.2, 0.25) is 0 Å². The van der Waals surface area contributed by atoms with Crippen molar-refractivity contribution in [1.29, 1.82) is 0 Å². The van der Waals surface area contributed by atoms with E-state index in [4.69, 9.17) is 12.2 Å². The van der Waals surface area contributed by atoms with Gasteiger partial charge in [0.2, 0.25) is 5.91 Å². The highest BCUT2D eigenvalue weighted by Gasteiger charge is 2.36. The van der Waals surface area contributed by atoms with E-state index in [0.717, 1.165) is 31.0 Å². The summed E-state index contributed by atoms with van der Waals surface area (Å²) in [5, 5.41) is 9.22. The second-order valence-electron chi connectivity index (χ2n) is 6.54. The van der Waals surface area contributed by atoms with Crippen LogP contribution in [-0.4, -0.2) is 56.8 Å². The first-order valence-electron chi connectivity index (χ1n) is 8.91. The summed E-state index contributed by atoms with van der Waals surface area (Å²) in [5.74, 6) is -0.965. The number of piperidine rings is 1. The van der Waals surface area contributed by atoms with Gasteiger partial charge in [-0.2, -0.15) is 0 Å². The Bertz CT molecular complexity index is 782. The lowest BCUT2D eigenvalue weighted by atomic mass is 9.99. The Morgan fingerprint density at radius 3 is 2.89 bits per heavy atom. The van der Waals surface area contributed by atoms with Crippen LogP contribution in [0, 0.1) is 5.82 Å². The minimum absolute atomic E-state index is 0.00334. The lowest BCUT2D eigenvalue weighted by molar-refractivity contribution is -0.138. The van der Waals surface area contributed by atoms with E-state index in [2.05, 4.69) is 0 Å². The molecule has 0 radical (unpaired) electrons. The summed E-state index contributed by atoms with van der Waals surface area (Å²) < 4.78 is 14.1. The van der Waals surface area contributed by atoms with E-state index >= 15 is 0 Å².